The van der Waals surface area contributed by atoms with E-state index in [1.165, 1.54) is 31.4 Å². The quantitative estimate of drug-likeness (QED) is 0.363. The van der Waals surface area contributed by atoms with Crippen molar-refractivity contribution in [3.8, 4) is 0 Å². The third-order valence-electron chi connectivity index (χ3n) is 3.25. The normalized spacial score (nSPS) is 14.8. The van der Waals surface area contributed by atoms with Crippen molar-refractivity contribution in [2.45, 2.75) is 0 Å². The van der Waals surface area contributed by atoms with Crippen molar-refractivity contribution in [1.82, 2.24) is 0 Å². The molecule has 2 rings (SSSR count). The van der Waals surface area contributed by atoms with E-state index in [1.54, 1.807) is 0 Å². The summed E-state index contributed by atoms with van der Waals surface area (Å²) in [5, 5.41) is 11.1. The number of methoxy groups -OCH3 is 1. The average Bonchev–Trinajstić information content (AvgIpc) is 2.84. The Morgan fingerprint density at radius 2 is 1.78 bits per heavy atom. The summed E-state index contributed by atoms with van der Waals surface area (Å²) in [5.41, 5.74) is 0.422. The second kappa shape index (κ2) is 6.01. The van der Waals surface area contributed by atoms with Gasteiger partial charge in [-0.1, -0.05) is 6.89 Å². The van der Waals surface area contributed by atoms with Gasteiger partial charge in [-0.05, 0) is 32.1 Å². The summed E-state index contributed by atoms with van der Waals surface area (Å²) in [4.78, 5) is 34.6. The van der Waals surface area contributed by atoms with Crippen molar-refractivity contribution in [3.05, 3.63) is 45.5 Å². The van der Waals surface area contributed by atoms with E-state index >= 15 is 0 Å². The second-order valence-electron chi connectivity index (χ2n) is 5.75. The van der Waals surface area contributed by atoms with Crippen LogP contribution in [0.5, 0.6) is 0 Å². The number of carbonyl (C=O) groups excluding carboxylic acids is 2. The number of benzene rings is 1. The van der Waals surface area contributed by atoms with Gasteiger partial charge in [0.2, 0.25) is 0 Å². The van der Waals surface area contributed by atoms with Gasteiger partial charge in [0.15, 0.2) is 5.76 Å². The minimum Gasteiger partial charge on any atom is -0.465 e. The minimum atomic E-state index is -1.85. The SMILES string of the molecule is COC(=O)C1=C(c2ccc([N+](=O)[O-])cc2)OC(=O)C1=P(C)(C)C. The molecule has 0 aliphatic carbocycles. The van der Waals surface area contributed by atoms with E-state index in [0.29, 0.717) is 10.9 Å². The molecule has 8 heteroatoms. The van der Waals surface area contributed by atoms with E-state index in [0.717, 1.165) is 0 Å². The molecule has 0 amide bonds. The van der Waals surface area contributed by atoms with Crippen molar-refractivity contribution in [2.24, 2.45) is 0 Å². The molecule has 0 bridgehead atoms. The Bertz CT molecular complexity index is 776. The largest absolute Gasteiger partial charge is 0.465 e. The van der Waals surface area contributed by atoms with E-state index in [9.17, 15) is 19.7 Å². The maximum absolute atomic E-state index is 12.2. The van der Waals surface area contributed by atoms with Crippen LogP contribution in [0.15, 0.2) is 29.8 Å². The van der Waals surface area contributed by atoms with Gasteiger partial charge in [-0.15, -0.1) is 0 Å². The van der Waals surface area contributed by atoms with Crippen molar-refractivity contribution in [2.75, 3.05) is 27.1 Å². The molecular weight excluding hydrogens is 321 g/mol. The molecule has 0 spiro atoms. The number of ether oxygens (including phenoxy) is 2. The van der Waals surface area contributed by atoms with Gasteiger partial charge >= 0.3 is 11.9 Å². The van der Waals surface area contributed by atoms with Crippen LogP contribution in [0.3, 0.4) is 0 Å². The molecule has 122 valence electrons. The van der Waals surface area contributed by atoms with Gasteiger partial charge in [0.25, 0.3) is 5.69 Å². The Kier molecular flexibility index (Phi) is 4.43. The monoisotopic (exact) mass is 337 g/mol. The third-order valence-corrected chi connectivity index (χ3v) is 5.00. The van der Waals surface area contributed by atoms with Crippen molar-refractivity contribution in [1.29, 1.82) is 0 Å². The second-order valence-corrected chi connectivity index (χ2v) is 10.2. The number of hydrogen-bond acceptors (Lipinski definition) is 6. The summed E-state index contributed by atoms with van der Waals surface area (Å²) < 4.78 is 10.1. The first kappa shape index (κ1) is 17.0. The lowest BCUT2D eigenvalue weighted by Crippen LogP contribution is -2.18. The molecule has 0 aromatic heterocycles. The lowest BCUT2D eigenvalue weighted by atomic mass is 10.1. The predicted octanol–water partition coefficient (Wildman–Crippen LogP) is 2.12. The molecule has 0 radical (unpaired) electrons. The predicted molar refractivity (Wildman–Crippen MR) is 87.8 cm³/mol. The van der Waals surface area contributed by atoms with Crippen molar-refractivity contribution in [3.63, 3.8) is 0 Å². The van der Waals surface area contributed by atoms with Gasteiger partial charge < -0.3 is 9.47 Å². The van der Waals surface area contributed by atoms with E-state index in [1.807, 2.05) is 20.0 Å². The lowest BCUT2D eigenvalue weighted by molar-refractivity contribution is -0.384. The molecular formula is C15H16NO6P. The Balaban J connectivity index is 2.68. The topological polar surface area (TPSA) is 95.7 Å². The van der Waals surface area contributed by atoms with Gasteiger partial charge in [0, 0.05) is 17.7 Å². The van der Waals surface area contributed by atoms with Crippen LogP contribution < -0.4 is 0 Å². The van der Waals surface area contributed by atoms with E-state index in [2.05, 4.69) is 0 Å². The summed E-state index contributed by atoms with van der Waals surface area (Å²) >= 11 is 0. The average molecular weight is 337 g/mol. The van der Waals surface area contributed by atoms with Crippen LogP contribution in [-0.2, 0) is 19.1 Å². The van der Waals surface area contributed by atoms with E-state index < -0.39 is 23.7 Å². The highest BCUT2D eigenvalue weighted by molar-refractivity contribution is 7.76. The Morgan fingerprint density at radius 3 is 2.22 bits per heavy atom. The van der Waals surface area contributed by atoms with Crippen LogP contribution in [0.4, 0.5) is 5.69 Å². The molecule has 0 saturated carbocycles. The summed E-state index contributed by atoms with van der Waals surface area (Å²) in [7, 11) is 1.23. The fourth-order valence-corrected chi connectivity index (χ4v) is 3.70. The highest BCUT2D eigenvalue weighted by Gasteiger charge is 2.38. The standard InChI is InChI=1S/C15H16NO6P/c1-21-14(17)11-12(22-15(18)13(11)23(2,3)4)9-5-7-10(8-6-9)16(19)20/h5-8H,1-4H3. The zero-order chi connectivity index (χ0) is 17.4. The first-order valence-electron chi connectivity index (χ1n) is 6.65. The lowest BCUT2D eigenvalue weighted by Gasteiger charge is -2.12. The van der Waals surface area contributed by atoms with Crippen LogP contribution in [0, 0.1) is 10.1 Å². The van der Waals surface area contributed by atoms with Gasteiger partial charge in [-0.25, -0.2) is 9.59 Å². The van der Waals surface area contributed by atoms with Crippen LogP contribution in [-0.4, -0.2) is 49.3 Å². The van der Waals surface area contributed by atoms with Gasteiger partial charge in [-0.2, -0.15) is 0 Å². The molecule has 0 saturated heterocycles. The number of cyclic esters (lactones) is 1. The number of nitrogens with zero attached hydrogens (tertiary/aromatic N) is 1. The Hall–Kier alpha value is -2.40. The molecule has 1 aliphatic heterocycles. The summed E-state index contributed by atoms with van der Waals surface area (Å²) in [6, 6.07) is 5.45. The zero-order valence-corrected chi connectivity index (χ0v) is 14.0. The number of non-ortho nitro benzene ring substituents is 1. The van der Waals surface area contributed by atoms with Crippen molar-refractivity contribution < 1.29 is 24.0 Å². The number of carbonyl (C=O) groups is 2. The van der Waals surface area contributed by atoms with Crippen LogP contribution >= 0.6 is 6.89 Å². The molecule has 1 aliphatic rings. The summed E-state index contributed by atoms with van der Waals surface area (Å²) in [6.45, 7) is 3.83. The number of nitro benzene ring substituents is 1. The summed E-state index contributed by atoms with van der Waals surface area (Å²) in [6.07, 6.45) is 0. The highest BCUT2D eigenvalue weighted by atomic mass is 31.2. The number of hydrogen-bond donors (Lipinski definition) is 0. The van der Waals surface area contributed by atoms with Crippen LogP contribution in [0.25, 0.3) is 5.76 Å². The first-order chi connectivity index (χ1) is 10.7. The molecule has 0 unspecified atom stereocenters. The van der Waals surface area contributed by atoms with E-state index in [-0.39, 0.29) is 17.0 Å². The molecule has 1 heterocycles. The maximum atomic E-state index is 12.2. The summed E-state index contributed by atoms with van der Waals surface area (Å²) in [5.74, 6) is -1.14. The molecule has 0 N–H and O–H groups in total. The smallest absolute Gasteiger partial charge is 0.344 e. The number of rotatable bonds is 3. The maximum Gasteiger partial charge on any atom is 0.344 e. The van der Waals surface area contributed by atoms with Gasteiger partial charge in [-0.3, -0.25) is 10.1 Å². The molecule has 1 aromatic rings. The zero-order valence-electron chi connectivity index (χ0n) is 13.2. The van der Waals surface area contributed by atoms with Crippen LogP contribution in [0.1, 0.15) is 5.56 Å². The molecule has 7 nitrogen and oxygen atoms in total. The molecule has 1 aromatic carbocycles. The fourth-order valence-electron chi connectivity index (χ4n) is 2.24. The van der Waals surface area contributed by atoms with Crippen LogP contribution in [0.2, 0.25) is 0 Å². The fraction of sp³-hybridized carbons (Fsp3) is 0.267. The number of esters is 2. The highest BCUT2D eigenvalue weighted by Crippen LogP contribution is 2.43. The van der Waals surface area contributed by atoms with Gasteiger partial charge in [0.05, 0.1) is 17.3 Å². The Labute approximate surface area is 133 Å². The van der Waals surface area contributed by atoms with E-state index in [4.69, 9.17) is 9.47 Å². The molecule has 23 heavy (non-hydrogen) atoms. The number of nitro groups is 1. The first-order valence-corrected chi connectivity index (χ1v) is 9.78. The minimum absolute atomic E-state index is 0.0849. The Morgan fingerprint density at radius 1 is 1.22 bits per heavy atom. The molecule has 0 fully saturated rings. The van der Waals surface area contributed by atoms with Gasteiger partial charge in [0.1, 0.15) is 5.57 Å². The van der Waals surface area contributed by atoms with Crippen molar-refractivity contribution >= 4 is 35.6 Å². The molecule has 0 atom stereocenters. The third kappa shape index (κ3) is 3.19.